The number of benzene rings is 1. The van der Waals surface area contributed by atoms with Crippen LogP contribution in [0.15, 0.2) is 60.8 Å². The first-order chi connectivity index (χ1) is 14.8. The minimum Gasteiger partial charge on any atom is -0.477 e. The van der Waals surface area contributed by atoms with Gasteiger partial charge in [-0.25, -0.2) is 15.0 Å². The van der Waals surface area contributed by atoms with E-state index in [-0.39, 0.29) is 6.04 Å². The highest BCUT2D eigenvalue weighted by Gasteiger charge is 2.28. The van der Waals surface area contributed by atoms with Gasteiger partial charge in [0.25, 0.3) is 0 Å². The molecule has 6 heteroatoms. The molecule has 0 bridgehead atoms. The topological polar surface area (TPSA) is 62.1 Å². The van der Waals surface area contributed by atoms with E-state index in [9.17, 15) is 0 Å². The van der Waals surface area contributed by atoms with E-state index < -0.39 is 0 Å². The predicted molar refractivity (Wildman–Crippen MR) is 113 cm³/mol. The molecule has 0 unspecified atom stereocenters. The van der Waals surface area contributed by atoms with Crippen molar-refractivity contribution < 1.29 is 9.47 Å². The van der Waals surface area contributed by atoms with Gasteiger partial charge in [0.1, 0.15) is 11.3 Å². The molecule has 150 valence electrons. The maximum absolute atomic E-state index is 5.86. The van der Waals surface area contributed by atoms with Gasteiger partial charge in [0.05, 0.1) is 31.6 Å². The summed E-state index contributed by atoms with van der Waals surface area (Å²) in [7, 11) is 0. The molecule has 6 rings (SSSR count). The summed E-state index contributed by atoms with van der Waals surface area (Å²) in [5.74, 6) is 2.21. The number of hydrogen-bond donors (Lipinski definition) is 0. The number of fused-ring (bicyclic) bond motifs is 3. The molecular formula is C24H22N4O2. The van der Waals surface area contributed by atoms with Gasteiger partial charge in [0.15, 0.2) is 5.65 Å². The average molecular weight is 398 g/mol. The number of aryl methyl sites for hydroxylation is 1. The molecule has 1 atom stereocenters. The van der Waals surface area contributed by atoms with Crippen LogP contribution in [-0.4, -0.2) is 39.3 Å². The first kappa shape index (κ1) is 17.6. The zero-order valence-electron chi connectivity index (χ0n) is 16.6. The lowest BCUT2D eigenvalue weighted by Gasteiger charge is -2.25. The number of aromatic nitrogens is 4. The van der Waals surface area contributed by atoms with Crippen LogP contribution >= 0.6 is 0 Å². The molecule has 0 N–H and O–H groups in total. The van der Waals surface area contributed by atoms with Crippen molar-refractivity contribution in [3.8, 4) is 17.1 Å². The molecule has 5 heterocycles. The van der Waals surface area contributed by atoms with Gasteiger partial charge in [-0.15, -0.1) is 0 Å². The van der Waals surface area contributed by atoms with Crippen LogP contribution in [-0.2, 0) is 11.2 Å². The zero-order valence-corrected chi connectivity index (χ0v) is 16.6. The van der Waals surface area contributed by atoms with Crippen LogP contribution < -0.4 is 4.74 Å². The van der Waals surface area contributed by atoms with Gasteiger partial charge >= 0.3 is 0 Å². The molecule has 6 nitrogen and oxygen atoms in total. The van der Waals surface area contributed by atoms with Crippen molar-refractivity contribution in [3.63, 3.8) is 0 Å². The largest absolute Gasteiger partial charge is 0.477 e. The Balaban J connectivity index is 1.35. The summed E-state index contributed by atoms with van der Waals surface area (Å²) in [6.07, 6.45) is 3.82. The number of imidazole rings is 1. The second kappa shape index (κ2) is 7.22. The lowest BCUT2D eigenvalue weighted by Crippen LogP contribution is -2.32. The second-order valence-electron chi connectivity index (χ2n) is 8.00. The minimum absolute atomic E-state index is 0.287. The van der Waals surface area contributed by atoms with E-state index in [1.165, 1.54) is 5.56 Å². The maximum Gasteiger partial charge on any atom is 0.213 e. The molecule has 3 aromatic heterocycles. The Morgan fingerprint density at radius 1 is 1.03 bits per heavy atom. The van der Waals surface area contributed by atoms with Crippen molar-refractivity contribution >= 4 is 11.2 Å². The molecule has 0 aliphatic carbocycles. The highest BCUT2D eigenvalue weighted by molar-refractivity contribution is 5.77. The quantitative estimate of drug-likeness (QED) is 0.507. The molecule has 0 radical (unpaired) electrons. The molecule has 1 saturated heterocycles. The molecule has 4 aromatic rings. The summed E-state index contributed by atoms with van der Waals surface area (Å²) in [6, 6.07) is 19.0. The van der Waals surface area contributed by atoms with Crippen LogP contribution in [0.4, 0.5) is 0 Å². The minimum atomic E-state index is 0.287. The third-order valence-corrected chi connectivity index (χ3v) is 5.95. The number of hydrogen-bond acceptors (Lipinski definition) is 5. The molecule has 1 aromatic carbocycles. The molecule has 1 fully saturated rings. The standard InChI is InChI=1S/C24H22N4O2/c1-2-4-17(5-3-1)21-8-9-22-26-20-7-6-19(27-24(20)28(21)22)18-10-11-25-23(12-18)30-15-16-13-29-14-16/h1-7,10-12,16,21H,8-9,13-15H2/t21-/m1/s1. The summed E-state index contributed by atoms with van der Waals surface area (Å²) in [6.45, 7) is 2.18. The molecule has 2 aliphatic heterocycles. The smallest absolute Gasteiger partial charge is 0.213 e. The Bertz CT molecular complexity index is 1200. The van der Waals surface area contributed by atoms with Gasteiger partial charge in [0.2, 0.25) is 5.88 Å². The summed E-state index contributed by atoms with van der Waals surface area (Å²) in [5.41, 5.74) is 5.10. The van der Waals surface area contributed by atoms with Crippen molar-refractivity contribution in [1.82, 2.24) is 19.5 Å². The number of pyridine rings is 2. The highest BCUT2D eigenvalue weighted by Crippen LogP contribution is 2.35. The van der Waals surface area contributed by atoms with Gasteiger partial charge in [-0.2, -0.15) is 0 Å². The first-order valence-corrected chi connectivity index (χ1v) is 10.4. The number of ether oxygens (including phenoxy) is 2. The van der Waals surface area contributed by atoms with Crippen molar-refractivity contribution in [1.29, 1.82) is 0 Å². The zero-order chi connectivity index (χ0) is 19.9. The van der Waals surface area contributed by atoms with E-state index in [0.29, 0.717) is 18.4 Å². The van der Waals surface area contributed by atoms with E-state index >= 15 is 0 Å². The van der Waals surface area contributed by atoms with E-state index in [1.807, 2.05) is 18.2 Å². The predicted octanol–water partition coefficient (Wildman–Crippen LogP) is 4.05. The summed E-state index contributed by atoms with van der Waals surface area (Å²) >= 11 is 0. The fraction of sp³-hybridized carbons (Fsp3) is 0.292. The fourth-order valence-electron chi connectivity index (χ4n) is 4.30. The van der Waals surface area contributed by atoms with Gasteiger partial charge in [0, 0.05) is 30.2 Å². The molecule has 0 saturated carbocycles. The van der Waals surface area contributed by atoms with Crippen LogP contribution in [0.2, 0.25) is 0 Å². The molecule has 30 heavy (non-hydrogen) atoms. The van der Waals surface area contributed by atoms with Crippen LogP contribution in [0.25, 0.3) is 22.4 Å². The van der Waals surface area contributed by atoms with Crippen molar-refractivity contribution in [2.45, 2.75) is 18.9 Å². The van der Waals surface area contributed by atoms with E-state index in [1.54, 1.807) is 6.20 Å². The monoisotopic (exact) mass is 398 g/mol. The van der Waals surface area contributed by atoms with Crippen molar-refractivity contribution in [2.75, 3.05) is 19.8 Å². The Kier molecular flexibility index (Phi) is 4.23. The van der Waals surface area contributed by atoms with Crippen LogP contribution in [0.3, 0.4) is 0 Å². The second-order valence-corrected chi connectivity index (χ2v) is 8.00. The first-order valence-electron chi connectivity index (χ1n) is 10.4. The summed E-state index contributed by atoms with van der Waals surface area (Å²) < 4.78 is 13.4. The van der Waals surface area contributed by atoms with Crippen LogP contribution in [0, 0.1) is 5.92 Å². The SMILES string of the molecule is c1ccc([C@H]2CCc3nc4ccc(-c5ccnc(OCC6COC6)c5)nc4n32)cc1. The normalized spacial score (nSPS) is 18.3. The summed E-state index contributed by atoms with van der Waals surface area (Å²) in [5, 5.41) is 0. The Labute approximate surface area is 174 Å². The lowest BCUT2D eigenvalue weighted by molar-refractivity contribution is -0.0514. The van der Waals surface area contributed by atoms with Crippen LogP contribution in [0.1, 0.15) is 23.9 Å². The highest BCUT2D eigenvalue weighted by atomic mass is 16.5. The fourth-order valence-corrected chi connectivity index (χ4v) is 4.30. The van der Waals surface area contributed by atoms with Crippen molar-refractivity contribution in [2.24, 2.45) is 5.92 Å². The number of nitrogens with zero attached hydrogens (tertiary/aromatic N) is 4. The van der Waals surface area contributed by atoms with E-state index in [4.69, 9.17) is 19.4 Å². The Hall–Kier alpha value is -3.25. The maximum atomic E-state index is 5.86. The molecular weight excluding hydrogens is 376 g/mol. The Morgan fingerprint density at radius 3 is 2.77 bits per heavy atom. The molecule has 0 amide bonds. The number of rotatable bonds is 5. The van der Waals surface area contributed by atoms with Gasteiger partial charge in [-0.3, -0.25) is 0 Å². The average Bonchev–Trinajstić information content (AvgIpc) is 3.32. The third kappa shape index (κ3) is 3.04. The van der Waals surface area contributed by atoms with E-state index in [2.05, 4.69) is 45.9 Å². The third-order valence-electron chi connectivity index (χ3n) is 5.95. The van der Waals surface area contributed by atoms with Gasteiger partial charge in [-0.05, 0) is 30.2 Å². The Morgan fingerprint density at radius 2 is 1.93 bits per heavy atom. The van der Waals surface area contributed by atoms with Gasteiger partial charge < -0.3 is 14.0 Å². The summed E-state index contributed by atoms with van der Waals surface area (Å²) in [4.78, 5) is 14.2. The van der Waals surface area contributed by atoms with Crippen molar-refractivity contribution in [3.05, 3.63) is 72.2 Å². The van der Waals surface area contributed by atoms with E-state index in [0.717, 1.165) is 54.3 Å². The van der Waals surface area contributed by atoms with Gasteiger partial charge in [-0.1, -0.05) is 30.3 Å². The lowest BCUT2D eigenvalue weighted by atomic mass is 10.0. The molecule has 2 aliphatic rings. The van der Waals surface area contributed by atoms with Crippen LogP contribution in [0.5, 0.6) is 5.88 Å². The molecule has 0 spiro atoms.